The topological polar surface area (TPSA) is 67.4 Å². The number of benzene rings is 8. The molecule has 0 aliphatic heterocycles. The van der Waals surface area contributed by atoms with E-state index in [9.17, 15) is 5.26 Å². The zero-order chi connectivity index (χ0) is 38.4. The first-order chi connectivity index (χ1) is 28.7. The average Bonchev–Trinajstić information content (AvgIpc) is 3.91. The van der Waals surface area contributed by atoms with Crippen molar-refractivity contribution in [2.75, 3.05) is 0 Å². The summed E-state index contributed by atoms with van der Waals surface area (Å²) in [5.41, 5.74) is 15.8. The Labute approximate surface area is 334 Å². The third-order valence-corrected chi connectivity index (χ3v) is 12.1. The Morgan fingerprint density at radius 3 is 1.72 bits per heavy atom. The van der Waals surface area contributed by atoms with Crippen LogP contribution in [0.2, 0.25) is 0 Å². The predicted molar refractivity (Wildman–Crippen MR) is 231 cm³/mol. The summed E-state index contributed by atoms with van der Waals surface area (Å²) in [5.74, 6) is 1.62. The lowest BCUT2D eigenvalue weighted by Gasteiger charge is -2.30. The average molecular weight is 738 g/mol. The molecule has 12 rings (SSSR count). The van der Waals surface area contributed by atoms with Gasteiger partial charge in [-0.05, 0) is 74.3 Å². The number of nitriles is 1. The molecule has 0 N–H and O–H groups in total. The van der Waals surface area contributed by atoms with Gasteiger partial charge in [-0.25, -0.2) is 4.98 Å². The van der Waals surface area contributed by atoms with Crippen molar-refractivity contribution >= 4 is 21.8 Å². The molecule has 0 saturated carbocycles. The van der Waals surface area contributed by atoms with Crippen molar-refractivity contribution in [3.8, 4) is 68.2 Å². The lowest BCUT2D eigenvalue weighted by atomic mass is 9.70. The number of hydrogen-bond acceptors (Lipinski definition) is 4. The Kier molecular flexibility index (Phi) is 6.84. The summed E-state index contributed by atoms with van der Waals surface area (Å²) in [7, 11) is 0. The van der Waals surface area contributed by atoms with Crippen LogP contribution in [0.25, 0.3) is 83.9 Å². The molecule has 5 heteroatoms. The highest BCUT2D eigenvalue weighted by atomic mass is 15.2. The van der Waals surface area contributed by atoms with Crippen molar-refractivity contribution in [1.82, 2.24) is 19.5 Å². The van der Waals surface area contributed by atoms with Crippen molar-refractivity contribution in [1.29, 1.82) is 5.26 Å². The Morgan fingerprint density at radius 2 is 1.02 bits per heavy atom. The summed E-state index contributed by atoms with van der Waals surface area (Å²) in [6.07, 6.45) is 0. The summed E-state index contributed by atoms with van der Waals surface area (Å²) in [6.45, 7) is 0. The fraction of sp³-hybridized carbons (Fsp3) is 0.0189. The van der Waals surface area contributed by atoms with Crippen LogP contribution in [-0.4, -0.2) is 19.5 Å². The Morgan fingerprint density at radius 1 is 0.431 bits per heavy atom. The second-order valence-electron chi connectivity index (χ2n) is 15.0. The highest BCUT2D eigenvalue weighted by Gasteiger charge is 2.52. The summed E-state index contributed by atoms with van der Waals surface area (Å²) < 4.78 is 2.26. The summed E-state index contributed by atoms with van der Waals surface area (Å²) in [4.78, 5) is 15.9. The van der Waals surface area contributed by atoms with Gasteiger partial charge in [-0.1, -0.05) is 164 Å². The number of rotatable bonds is 4. The van der Waals surface area contributed by atoms with Gasteiger partial charge in [0, 0.05) is 27.5 Å². The van der Waals surface area contributed by atoms with Gasteiger partial charge in [0.2, 0.25) is 5.95 Å². The number of aromatic nitrogens is 4. The fourth-order valence-corrected chi connectivity index (χ4v) is 9.81. The molecule has 2 aliphatic rings. The Bertz CT molecular complexity index is 3310. The van der Waals surface area contributed by atoms with E-state index in [1.54, 1.807) is 0 Å². The minimum absolute atomic E-state index is 0.499. The van der Waals surface area contributed by atoms with E-state index in [-0.39, 0.29) is 0 Å². The van der Waals surface area contributed by atoms with Crippen LogP contribution < -0.4 is 0 Å². The van der Waals surface area contributed by atoms with Crippen LogP contribution in [0, 0.1) is 11.3 Å². The molecule has 0 atom stereocenters. The summed E-state index contributed by atoms with van der Waals surface area (Å²) >= 11 is 0. The molecule has 2 aromatic heterocycles. The SMILES string of the molecule is N#Cc1ccc(-c2nc(-c3ccccc3)nc(-n3c4ccccc4c4ccc5c(c43)-c3ccccc3C53c4ccccc4-c4ccccc43)n2)c(-c2ccccc2)c1. The first kappa shape index (κ1) is 32.3. The maximum absolute atomic E-state index is 9.97. The van der Waals surface area contributed by atoms with Crippen LogP contribution in [-0.2, 0) is 5.41 Å². The van der Waals surface area contributed by atoms with E-state index in [2.05, 4.69) is 132 Å². The molecule has 5 nitrogen and oxygen atoms in total. The van der Waals surface area contributed by atoms with Crippen molar-refractivity contribution in [3.63, 3.8) is 0 Å². The fourth-order valence-electron chi connectivity index (χ4n) is 9.81. The predicted octanol–water partition coefficient (Wildman–Crippen LogP) is 12.2. The monoisotopic (exact) mass is 737 g/mol. The number of para-hydroxylation sites is 1. The molecule has 0 amide bonds. The zero-order valence-electron chi connectivity index (χ0n) is 31.1. The Balaban J connectivity index is 1.21. The molecule has 2 aliphatic carbocycles. The van der Waals surface area contributed by atoms with E-state index in [0.29, 0.717) is 23.2 Å². The largest absolute Gasteiger partial charge is 0.277 e. The van der Waals surface area contributed by atoms with Gasteiger partial charge in [0.25, 0.3) is 0 Å². The van der Waals surface area contributed by atoms with Gasteiger partial charge >= 0.3 is 0 Å². The molecule has 10 aromatic rings. The van der Waals surface area contributed by atoms with Gasteiger partial charge in [0.05, 0.1) is 28.1 Å². The van der Waals surface area contributed by atoms with Crippen molar-refractivity contribution < 1.29 is 0 Å². The highest BCUT2D eigenvalue weighted by molar-refractivity contribution is 6.16. The molecule has 8 aromatic carbocycles. The van der Waals surface area contributed by atoms with Gasteiger partial charge < -0.3 is 0 Å². The van der Waals surface area contributed by atoms with Crippen LogP contribution in [0.5, 0.6) is 0 Å². The summed E-state index contributed by atoms with van der Waals surface area (Å²) in [6, 6.07) is 68.3. The number of hydrogen-bond donors (Lipinski definition) is 0. The zero-order valence-corrected chi connectivity index (χ0v) is 31.1. The standard InChI is InChI=1S/C53H31N5/c54-32-33-27-28-40(42(31-33)34-15-3-1-4-16-34)51-55-50(35-17-5-2-6-18-35)56-52(57-51)58-47-26-14-10-21-38(47)39-29-30-46-48(49(39)58)41-22-9-13-25-45(41)53(46)43-23-11-7-19-36(43)37-20-8-12-24-44(37)53/h1-31H. The number of nitrogens with zero attached hydrogens (tertiary/aromatic N) is 5. The van der Waals surface area contributed by atoms with E-state index in [4.69, 9.17) is 15.0 Å². The second kappa shape index (κ2) is 12.3. The van der Waals surface area contributed by atoms with Gasteiger partial charge in [0.15, 0.2) is 11.6 Å². The normalized spacial score (nSPS) is 12.9. The minimum atomic E-state index is -0.499. The highest BCUT2D eigenvalue weighted by Crippen LogP contribution is 2.64. The molecular formula is C53H31N5. The number of fused-ring (bicyclic) bond motifs is 14. The first-order valence-electron chi connectivity index (χ1n) is 19.5. The molecule has 0 bridgehead atoms. The van der Waals surface area contributed by atoms with E-state index < -0.39 is 5.41 Å². The van der Waals surface area contributed by atoms with E-state index in [0.717, 1.165) is 44.1 Å². The molecule has 268 valence electrons. The van der Waals surface area contributed by atoms with E-state index in [1.165, 1.54) is 44.5 Å². The lowest BCUT2D eigenvalue weighted by molar-refractivity contribution is 0.794. The van der Waals surface area contributed by atoms with E-state index in [1.807, 2.05) is 66.7 Å². The van der Waals surface area contributed by atoms with E-state index >= 15 is 0 Å². The third kappa shape index (κ3) is 4.37. The van der Waals surface area contributed by atoms with Crippen LogP contribution in [0.4, 0.5) is 0 Å². The van der Waals surface area contributed by atoms with Crippen molar-refractivity contribution in [2.45, 2.75) is 5.41 Å². The minimum Gasteiger partial charge on any atom is -0.277 e. The van der Waals surface area contributed by atoms with Gasteiger partial charge in [-0.2, -0.15) is 15.2 Å². The first-order valence-corrected chi connectivity index (χ1v) is 19.5. The molecule has 2 heterocycles. The van der Waals surface area contributed by atoms with Gasteiger partial charge in [0.1, 0.15) is 0 Å². The van der Waals surface area contributed by atoms with Gasteiger partial charge in [-0.3, -0.25) is 4.57 Å². The maximum Gasteiger partial charge on any atom is 0.238 e. The molecule has 0 unspecified atom stereocenters. The Hall–Kier alpha value is -7.94. The third-order valence-electron chi connectivity index (χ3n) is 12.1. The molecule has 0 saturated heterocycles. The smallest absolute Gasteiger partial charge is 0.238 e. The van der Waals surface area contributed by atoms with Crippen LogP contribution in [0.15, 0.2) is 188 Å². The molecule has 0 radical (unpaired) electrons. The second-order valence-corrected chi connectivity index (χ2v) is 15.0. The van der Waals surface area contributed by atoms with Gasteiger partial charge in [-0.15, -0.1) is 0 Å². The molecule has 1 spiro atoms. The molecule has 58 heavy (non-hydrogen) atoms. The van der Waals surface area contributed by atoms with Crippen molar-refractivity contribution in [2.24, 2.45) is 0 Å². The lowest BCUT2D eigenvalue weighted by Crippen LogP contribution is -2.25. The van der Waals surface area contributed by atoms with Crippen molar-refractivity contribution in [3.05, 3.63) is 216 Å². The van der Waals surface area contributed by atoms with Crippen LogP contribution in [0.3, 0.4) is 0 Å². The maximum atomic E-state index is 9.97. The molecular weight excluding hydrogens is 707 g/mol. The van der Waals surface area contributed by atoms with Crippen LogP contribution in [0.1, 0.15) is 27.8 Å². The summed E-state index contributed by atoms with van der Waals surface area (Å²) in [5, 5.41) is 12.2. The molecule has 0 fully saturated rings. The quantitative estimate of drug-likeness (QED) is 0.180. The van der Waals surface area contributed by atoms with Crippen LogP contribution >= 0.6 is 0 Å².